The van der Waals surface area contributed by atoms with Crippen molar-refractivity contribution in [1.82, 2.24) is 0 Å². The van der Waals surface area contributed by atoms with Crippen LogP contribution in [0.4, 0.5) is 0 Å². The van der Waals surface area contributed by atoms with Crippen molar-refractivity contribution >= 4 is 42.9 Å². The fourth-order valence-electron chi connectivity index (χ4n) is 3.92. The summed E-state index contributed by atoms with van der Waals surface area (Å²) < 4.78 is 0. The van der Waals surface area contributed by atoms with E-state index < -0.39 is 0 Å². The number of aliphatic imine (C=N–C) groups is 1. The van der Waals surface area contributed by atoms with Gasteiger partial charge in [0, 0.05) is 19.4 Å². The van der Waals surface area contributed by atoms with Gasteiger partial charge in [-0.05, 0) is 87.2 Å². The van der Waals surface area contributed by atoms with Gasteiger partial charge in [0.05, 0.1) is 5.04 Å². The van der Waals surface area contributed by atoms with Gasteiger partial charge < -0.3 is 4.79 Å². The van der Waals surface area contributed by atoms with Crippen LogP contribution < -0.4 is 5.30 Å². The van der Waals surface area contributed by atoms with Gasteiger partial charge >= 0.3 is 0 Å². The number of unbranched alkanes of at least 4 members (excludes halogenated alkanes) is 4. The molecule has 0 N–H and O–H groups in total. The van der Waals surface area contributed by atoms with E-state index in [4.69, 9.17) is 0 Å². The Hall–Kier alpha value is -2.03. The molecular weight excluding hydrogens is 589 g/mol. The highest BCUT2D eigenvalue weighted by molar-refractivity contribution is 8.17. The summed E-state index contributed by atoms with van der Waals surface area (Å²) in [5, 5.41) is 2.48. The van der Waals surface area contributed by atoms with E-state index in [-0.39, 0.29) is 17.5 Å². The van der Waals surface area contributed by atoms with Crippen molar-refractivity contribution in [1.29, 1.82) is 0 Å². The summed E-state index contributed by atoms with van der Waals surface area (Å²) in [4.78, 5) is 26.7. The molecule has 0 amide bonds. The number of rotatable bonds is 13. The van der Waals surface area contributed by atoms with Crippen molar-refractivity contribution in [2.24, 2.45) is 10.9 Å². The minimum absolute atomic E-state index is 0.0440. The van der Waals surface area contributed by atoms with Crippen molar-refractivity contribution in [3.8, 4) is 0 Å². The highest BCUT2D eigenvalue weighted by Gasteiger charge is 2.13. The fraction of sp³-hybridized carbons (Fsp3) is 0.575. The summed E-state index contributed by atoms with van der Waals surface area (Å²) in [5.41, 5.74) is 5.44. The molecule has 0 bridgehead atoms. The summed E-state index contributed by atoms with van der Waals surface area (Å²) in [5.74, 6) is 0.178. The second-order valence-corrected chi connectivity index (χ2v) is 13.1. The number of ketones is 2. The Morgan fingerprint density at radius 2 is 1.40 bits per heavy atom. The first-order valence-electron chi connectivity index (χ1n) is 17.0. The summed E-state index contributed by atoms with van der Waals surface area (Å²) >= 11 is 1.68. The van der Waals surface area contributed by atoms with Gasteiger partial charge in [0.2, 0.25) is 0 Å². The Morgan fingerprint density at radius 1 is 0.867 bits per heavy atom. The maximum atomic E-state index is 10.8. The van der Waals surface area contributed by atoms with Crippen LogP contribution in [0.25, 0.3) is 0 Å². The average molecular weight is 658 g/mol. The van der Waals surface area contributed by atoms with E-state index in [1.165, 1.54) is 73.5 Å². The van der Waals surface area contributed by atoms with E-state index in [9.17, 15) is 9.59 Å². The molecule has 3 nitrogen and oxygen atoms in total. The zero-order valence-electron chi connectivity index (χ0n) is 31.1. The van der Waals surface area contributed by atoms with Crippen LogP contribution in [0.3, 0.4) is 0 Å². The molecule has 5 heteroatoms. The Bertz CT molecular complexity index is 1070. The lowest BCUT2D eigenvalue weighted by molar-refractivity contribution is -0.125. The van der Waals surface area contributed by atoms with Gasteiger partial charge in [0.1, 0.15) is 11.6 Å². The molecule has 45 heavy (non-hydrogen) atoms. The second-order valence-electron chi connectivity index (χ2n) is 11.1. The lowest BCUT2D eigenvalue weighted by Crippen LogP contribution is -2.12. The van der Waals surface area contributed by atoms with E-state index in [0.29, 0.717) is 6.42 Å². The number of Topliss-reactive ketones (excluding diaryl/α,β-unsaturated/α-hetero) is 2. The molecular formula is C40H68NO2PS. The molecule has 0 aliphatic heterocycles. The van der Waals surface area contributed by atoms with E-state index in [1.807, 2.05) is 34.7 Å². The topological polar surface area (TPSA) is 46.5 Å². The van der Waals surface area contributed by atoms with Gasteiger partial charge in [-0.2, -0.15) is 0 Å². The molecule has 0 saturated carbocycles. The number of nitrogens with zero attached hydrogens (tertiary/aromatic N) is 1. The third kappa shape index (κ3) is 29.1. The molecule has 2 unspecified atom stereocenters. The molecule has 256 valence electrons. The van der Waals surface area contributed by atoms with E-state index >= 15 is 0 Å². The molecule has 0 aliphatic carbocycles. The summed E-state index contributed by atoms with van der Waals surface area (Å²) in [6.07, 6.45) is 11.4. The maximum Gasteiger partial charge on any atom is 0.133 e. The summed E-state index contributed by atoms with van der Waals surface area (Å²) in [6, 6.07) is 15.3. The Kier molecular flexibility index (Phi) is 33.6. The molecule has 0 aliphatic rings. The second kappa shape index (κ2) is 31.9. The number of hydrogen-bond donors (Lipinski definition) is 0. The molecule has 2 aromatic rings. The van der Waals surface area contributed by atoms with Crippen molar-refractivity contribution in [3.63, 3.8) is 0 Å². The zero-order chi connectivity index (χ0) is 35.2. The molecule has 0 aromatic heterocycles. The van der Waals surface area contributed by atoms with Gasteiger partial charge in [-0.3, -0.25) is 9.79 Å². The molecule has 0 heterocycles. The first-order valence-corrected chi connectivity index (χ1v) is 18.4. The average Bonchev–Trinajstić information content (AvgIpc) is 3.02. The number of carbonyl (C=O) groups is 2. The van der Waals surface area contributed by atoms with Gasteiger partial charge in [-0.1, -0.05) is 140 Å². The first kappa shape index (κ1) is 47.4. The molecule has 2 rings (SSSR count). The van der Waals surface area contributed by atoms with Crippen LogP contribution in [0.2, 0.25) is 0 Å². The smallest absolute Gasteiger partial charge is 0.133 e. The van der Waals surface area contributed by atoms with Gasteiger partial charge in [0.25, 0.3) is 0 Å². The Labute approximate surface area is 286 Å². The largest absolute Gasteiger partial charge is 0.300 e. The van der Waals surface area contributed by atoms with Crippen LogP contribution in [-0.2, 0) is 22.4 Å². The first-order chi connectivity index (χ1) is 21.3. The third-order valence-electron chi connectivity index (χ3n) is 6.85. The predicted molar refractivity (Wildman–Crippen MR) is 211 cm³/mol. The van der Waals surface area contributed by atoms with Gasteiger partial charge in [0.15, 0.2) is 0 Å². The van der Waals surface area contributed by atoms with Crippen LogP contribution in [0.15, 0.2) is 58.9 Å². The summed E-state index contributed by atoms with van der Waals surface area (Å²) in [7, 11) is 4.60. The summed E-state index contributed by atoms with van der Waals surface area (Å²) in [6.45, 7) is 25.8. The highest BCUT2D eigenvalue weighted by atomic mass is 32.2. The number of allylic oxidation sites excluding steroid dienone is 1. The van der Waals surface area contributed by atoms with Crippen molar-refractivity contribution in [3.05, 3.63) is 76.2 Å². The number of aryl methyl sites for hydroxylation is 4. The standard InChI is InChI=1S/C14H19NS.C9H13P.C8H14O2.C7H16.C2H6/c1-11(2)16-14(15-4)10-9-13-7-5-12(3)6-8-13;1-3-8-5-4-7(2)9(10)6-8;1-4-8(7(3)10)5-6(2)9;1-3-5-7-6-4-2;1-2/h5-8H,1,9-10H2,2-4H3;4-6H,3,10H2,1-2H3;8H,4-5H2,1-3H3;3-7H2,1-2H3;1-2H3. The minimum Gasteiger partial charge on any atom is -0.300 e. The Balaban J connectivity index is -0.000000536. The number of benzene rings is 2. The molecule has 0 saturated heterocycles. The van der Waals surface area contributed by atoms with Gasteiger partial charge in [-0.15, -0.1) is 9.24 Å². The number of hydrogen-bond acceptors (Lipinski definition) is 4. The predicted octanol–water partition coefficient (Wildman–Crippen LogP) is 11.9. The van der Waals surface area contributed by atoms with Crippen LogP contribution >= 0.6 is 21.0 Å². The van der Waals surface area contributed by atoms with Crippen molar-refractivity contribution < 1.29 is 9.59 Å². The quantitative estimate of drug-likeness (QED) is 0.0932. The van der Waals surface area contributed by atoms with Crippen LogP contribution in [0.5, 0.6) is 0 Å². The molecule has 0 radical (unpaired) electrons. The molecule has 2 aromatic carbocycles. The van der Waals surface area contributed by atoms with E-state index in [0.717, 1.165) is 35.6 Å². The minimum atomic E-state index is -0.0440. The molecule has 2 atom stereocenters. The van der Waals surface area contributed by atoms with E-state index in [2.05, 4.69) is 97.9 Å². The normalized spacial score (nSPS) is 10.7. The zero-order valence-corrected chi connectivity index (χ0v) is 33.1. The molecule has 0 fully saturated rings. The Morgan fingerprint density at radius 3 is 1.76 bits per heavy atom. The third-order valence-corrected chi connectivity index (χ3v) is 8.44. The highest BCUT2D eigenvalue weighted by Crippen LogP contribution is 2.18. The van der Waals surface area contributed by atoms with Crippen molar-refractivity contribution in [2.75, 3.05) is 7.05 Å². The lowest BCUT2D eigenvalue weighted by Gasteiger charge is -2.06. The van der Waals surface area contributed by atoms with Gasteiger partial charge in [-0.25, -0.2) is 0 Å². The SMILES string of the molecule is C=C(C)SC(CCc1ccc(C)cc1)=NC.CC.CCC(CC(C)=O)C(C)=O.CCCCCCC.CCc1ccc(C)c(P)c1. The lowest BCUT2D eigenvalue weighted by atomic mass is 9.96. The number of thioether (sulfide) groups is 1. The fourth-order valence-corrected chi connectivity index (χ4v) is 4.93. The maximum absolute atomic E-state index is 10.8. The van der Waals surface area contributed by atoms with E-state index in [1.54, 1.807) is 11.8 Å². The van der Waals surface area contributed by atoms with Crippen molar-refractivity contribution in [2.45, 2.75) is 140 Å². The van der Waals surface area contributed by atoms with Crippen LogP contribution in [0, 0.1) is 19.8 Å². The van der Waals surface area contributed by atoms with Crippen LogP contribution in [0.1, 0.15) is 136 Å². The molecule has 0 spiro atoms. The monoisotopic (exact) mass is 657 g/mol. The number of carbonyl (C=O) groups excluding carboxylic acids is 2. The van der Waals surface area contributed by atoms with Crippen LogP contribution in [-0.4, -0.2) is 23.7 Å².